The molecule has 3 aliphatic rings. The predicted octanol–water partition coefficient (Wildman–Crippen LogP) is 4.18. The van der Waals surface area contributed by atoms with E-state index in [0.29, 0.717) is 6.79 Å². The number of rotatable bonds is 7. The van der Waals surface area contributed by atoms with Crippen LogP contribution in [0.3, 0.4) is 0 Å². The first-order chi connectivity index (χ1) is 15.7. The van der Waals surface area contributed by atoms with E-state index < -0.39 is 0 Å². The van der Waals surface area contributed by atoms with E-state index in [4.69, 9.17) is 14.2 Å². The largest absolute Gasteiger partial charge is 0.497 e. The van der Waals surface area contributed by atoms with Gasteiger partial charge in [0.15, 0.2) is 11.5 Å². The normalized spacial score (nSPS) is 20.3. The van der Waals surface area contributed by atoms with Crippen LogP contribution in [-0.4, -0.2) is 54.9 Å². The second-order valence-corrected chi connectivity index (χ2v) is 9.43. The zero-order valence-electron chi connectivity index (χ0n) is 18.7. The Morgan fingerprint density at radius 2 is 1.88 bits per heavy atom. The maximum absolute atomic E-state index is 5.55. The summed E-state index contributed by atoms with van der Waals surface area (Å²) in [5.74, 6) is 3.51. The van der Waals surface area contributed by atoms with Gasteiger partial charge in [0.1, 0.15) is 5.75 Å². The van der Waals surface area contributed by atoms with E-state index in [-0.39, 0.29) is 0 Å². The zero-order chi connectivity index (χ0) is 21.5. The molecule has 1 N–H and O–H groups in total. The van der Waals surface area contributed by atoms with Gasteiger partial charge in [-0.25, -0.2) is 0 Å². The lowest BCUT2D eigenvalue weighted by atomic mass is 10.1. The number of aromatic nitrogens is 1. The number of aryl methyl sites for hydroxylation is 1. The van der Waals surface area contributed by atoms with Crippen LogP contribution in [0, 0.1) is 5.92 Å². The predicted molar refractivity (Wildman–Crippen MR) is 124 cm³/mol. The molecule has 1 fully saturated rings. The van der Waals surface area contributed by atoms with Crippen molar-refractivity contribution < 1.29 is 14.2 Å². The smallest absolute Gasteiger partial charge is 0.231 e. The molecule has 1 aromatic heterocycles. The minimum absolute atomic E-state index is 0.356. The number of methoxy groups -OCH3 is 1. The van der Waals surface area contributed by atoms with Crippen molar-refractivity contribution in [2.75, 3.05) is 40.1 Å². The molecule has 1 atom stereocenters. The maximum Gasteiger partial charge on any atom is 0.231 e. The number of aromatic amines is 1. The fourth-order valence-corrected chi connectivity index (χ4v) is 5.60. The minimum Gasteiger partial charge on any atom is -0.497 e. The number of H-pyrrole nitrogens is 1. The van der Waals surface area contributed by atoms with Crippen LogP contribution < -0.4 is 14.2 Å². The van der Waals surface area contributed by atoms with Gasteiger partial charge in [-0.15, -0.1) is 0 Å². The van der Waals surface area contributed by atoms with Crippen LogP contribution in [0.5, 0.6) is 17.2 Å². The van der Waals surface area contributed by atoms with E-state index in [9.17, 15) is 0 Å². The van der Waals surface area contributed by atoms with Gasteiger partial charge in [0, 0.05) is 43.3 Å². The second-order valence-electron chi connectivity index (χ2n) is 9.43. The van der Waals surface area contributed by atoms with Crippen LogP contribution in [0.15, 0.2) is 36.5 Å². The van der Waals surface area contributed by atoms with Gasteiger partial charge in [0.05, 0.1) is 7.11 Å². The highest BCUT2D eigenvalue weighted by Gasteiger charge is 2.29. The molecule has 0 saturated carbocycles. The second kappa shape index (κ2) is 8.34. The van der Waals surface area contributed by atoms with E-state index in [2.05, 4.69) is 45.2 Å². The summed E-state index contributed by atoms with van der Waals surface area (Å²) >= 11 is 0. The molecule has 0 aliphatic carbocycles. The third-order valence-corrected chi connectivity index (χ3v) is 7.26. The average molecular weight is 434 g/mol. The fourth-order valence-electron chi connectivity index (χ4n) is 5.60. The molecule has 0 radical (unpaired) electrons. The van der Waals surface area contributed by atoms with Crippen molar-refractivity contribution in [3.05, 3.63) is 53.2 Å². The molecule has 32 heavy (non-hydrogen) atoms. The third kappa shape index (κ3) is 3.82. The Labute approximate surface area is 189 Å². The Balaban J connectivity index is 0.986. The van der Waals surface area contributed by atoms with Gasteiger partial charge >= 0.3 is 0 Å². The summed E-state index contributed by atoms with van der Waals surface area (Å²) in [5, 5.41) is 1.29. The molecule has 6 rings (SSSR count). The van der Waals surface area contributed by atoms with Gasteiger partial charge in [0.25, 0.3) is 0 Å². The van der Waals surface area contributed by atoms with Crippen LogP contribution in [-0.2, 0) is 19.5 Å². The lowest BCUT2D eigenvalue weighted by Crippen LogP contribution is -2.28. The highest BCUT2D eigenvalue weighted by atomic mass is 16.7. The van der Waals surface area contributed by atoms with Crippen molar-refractivity contribution in [3.63, 3.8) is 0 Å². The Kier molecular flexibility index (Phi) is 5.20. The monoisotopic (exact) mass is 433 g/mol. The summed E-state index contributed by atoms with van der Waals surface area (Å²) in [6, 6.07) is 10.6. The lowest BCUT2D eigenvalue weighted by molar-refractivity contribution is 0.173. The topological polar surface area (TPSA) is 50.0 Å². The van der Waals surface area contributed by atoms with E-state index in [1.165, 1.54) is 66.6 Å². The van der Waals surface area contributed by atoms with Crippen LogP contribution in [0.1, 0.15) is 29.5 Å². The SMILES string of the molecule is COc1ccc2[nH]cc(CCCN3CCC(CN4Cc5cc6c(cc5C4)OCO6)C3)c2c1. The van der Waals surface area contributed by atoms with Gasteiger partial charge in [-0.1, -0.05) is 0 Å². The number of ether oxygens (including phenoxy) is 3. The zero-order valence-corrected chi connectivity index (χ0v) is 18.7. The van der Waals surface area contributed by atoms with Crippen LogP contribution in [0.4, 0.5) is 0 Å². The number of hydrogen-bond donors (Lipinski definition) is 1. The lowest BCUT2D eigenvalue weighted by Gasteiger charge is -2.20. The molecule has 1 saturated heterocycles. The molecule has 168 valence electrons. The molecule has 6 heteroatoms. The average Bonchev–Trinajstić information content (AvgIpc) is 3.58. The molecule has 0 amide bonds. The van der Waals surface area contributed by atoms with Crippen molar-refractivity contribution in [2.24, 2.45) is 5.92 Å². The van der Waals surface area contributed by atoms with Crippen molar-refractivity contribution in [3.8, 4) is 17.2 Å². The number of nitrogens with one attached hydrogen (secondary N) is 1. The van der Waals surface area contributed by atoms with Crippen LogP contribution >= 0.6 is 0 Å². The van der Waals surface area contributed by atoms with Gasteiger partial charge in [-0.2, -0.15) is 0 Å². The van der Waals surface area contributed by atoms with E-state index in [1.807, 2.05) is 6.07 Å². The standard InChI is InChI=1S/C26H31N3O3/c1-30-22-4-5-24-23(11-22)19(12-27-24)3-2-7-28-8-6-18(13-28)14-29-15-20-9-25-26(32-17-31-25)10-21(20)16-29/h4-5,9-12,18,27H,2-3,6-8,13-17H2,1H3. The van der Waals surface area contributed by atoms with Crippen molar-refractivity contribution in [1.29, 1.82) is 0 Å². The molecule has 3 aliphatic heterocycles. The molecule has 4 heterocycles. The minimum atomic E-state index is 0.356. The Hall–Kier alpha value is -2.70. The molecular weight excluding hydrogens is 402 g/mol. The van der Waals surface area contributed by atoms with E-state index >= 15 is 0 Å². The summed E-state index contributed by atoms with van der Waals surface area (Å²) in [5.41, 5.74) is 5.39. The van der Waals surface area contributed by atoms with E-state index in [0.717, 1.165) is 42.7 Å². The molecule has 6 nitrogen and oxygen atoms in total. The highest BCUT2D eigenvalue weighted by molar-refractivity contribution is 5.84. The molecule has 2 aromatic carbocycles. The first kappa shape index (κ1) is 19.9. The first-order valence-electron chi connectivity index (χ1n) is 11.8. The summed E-state index contributed by atoms with van der Waals surface area (Å²) in [4.78, 5) is 8.64. The van der Waals surface area contributed by atoms with Gasteiger partial charge in [-0.05, 0) is 85.3 Å². The Morgan fingerprint density at radius 3 is 2.66 bits per heavy atom. The number of fused-ring (bicyclic) bond motifs is 3. The van der Waals surface area contributed by atoms with Gasteiger partial charge in [0.2, 0.25) is 6.79 Å². The van der Waals surface area contributed by atoms with Crippen molar-refractivity contribution in [2.45, 2.75) is 32.4 Å². The molecule has 0 spiro atoms. The van der Waals surface area contributed by atoms with Crippen molar-refractivity contribution in [1.82, 2.24) is 14.8 Å². The number of nitrogens with zero attached hydrogens (tertiary/aromatic N) is 2. The number of likely N-dealkylation sites (tertiary alicyclic amines) is 1. The van der Waals surface area contributed by atoms with Crippen LogP contribution in [0.25, 0.3) is 10.9 Å². The molecule has 0 bridgehead atoms. The fraction of sp³-hybridized carbons (Fsp3) is 0.462. The highest BCUT2D eigenvalue weighted by Crippen LogP contribution is 2.38. The third-order valence-electron chi connectivity index (χ3n) is 7.26. The Morgan fingerprint density at radius 1 is 1.06 bits per heavy atom. The first-order valence-corrected chi connectivity index (χ1v) is 11.8. The van der Waals surface area contributed by atoms with Gasteiger partial charge < -0.3 is 24.1 Å². The van der Waals surface area contributed by atoms with Crippen molar-refractivity contribution >= 4 is 10.9 Å². The molecular formula is C26H31N3O3. The quantitative estimate of drug-likeness (QED) is 0.606. The molecule has 1 unspecified atom stereocenters. The summed E-state index contributed by atoms with van der Waals surface area (Å²) in [7, 11) is 1.73. The van der Waals surface area contributed by atoms with E-state index in [1.54, 1.807) is 7.11 Å². The molecule has 3 aromatic rings. The van der Waals surface area contributed by atoms with Gasteiger partial charge in [-0.3, -0.25) is 4.90 Å². The summed E-state index contributed by atoms with van der Waals surface area (Å²) in [6.45, 7) is 7.22. The number of hydrogen-bond acceptors (Lipinski definition) is 5. The summed E-state index contributed by atoms with van der Waals surface area (Å²) < 4.78 is 16.5. The maximum atomic E-state index is 5.55. The summed E-state index contributed by atoms with van der Waals surface area (Å²) in [6.07, 6.45) is 5.76. The van der Waals surface area contributed by atoms with Crippen LogP contribution in [0.2, 0.25) is 0 Å². The number of benzene rings is 2. The Bertz CT molecular complexity index is 1090.